The fraction of sp³-hybridized carbons (Fsp3) is 0.250. The van der Waals surface area contributed by atoms with Gasteiger partial charge >= 0.3 is 5.97 Å². The largest absolute Gasteiger partial charge is 0.462 e. The van der Waals surface area contributed by atoms with Gasteiger partial charge in [0.1, 0.15) is 0 Å². The molecule has 0 aliphatic heterocycles. The molecule has 3 aromatic rings. The zero-order valence-corrected chi connectivity index (χ0v) is 15.9. The number of imidazole rings is 1. The third-order valence-corrected chi connectivity index (χ3v) is 4.45. The van der Waals surface area contributed by atoms with Crippen LogP contribution in [-0.2, 0) is 4.74 Å². The number of ether oxygens (including phenoxy) is 1. The Kier molecular flexibility index (Phi) is 5.76. The number of rotatable bonds is 6. The Hall–Kier alpha value is -2.86. The van der Waals surface area contributed by atoms with Crippen LogP contribution in [0.4, 0.5) is 5.95 Å². The molecule has 2 N–H and O–H groups in total. The Morgan fingerprint density at radius 2 is 2.00 bits per heavy atom. The summed E-state index contributed by atoms with van der Waals surface area (Å²) >= 11 is 6.16. The molecule has 1 aromatic heterocycles. The van der Waals surface area contributed by atoms with Crippen LogP contribution in [0.1, 0.15) is 46.0 Å². The van der Waals surface area contributed by atoms with E-state index in [9.17, 15) is 9.59 Å². The van der Waals surface area contributed by atoms with Crippen LogP contribution in [0.2, 0.25) is 5.02 Å². The number of fused-ring (bicyclic) bond motifs is 1. The van der Waals surface area contributed by atoms with E-state index in [1.807, 2.05) is 32.0 Å². The summed E-state index contributed by atoms with van der Waals surface area (Å²) in [5.41, 5.74) is 2.78. The van der Waals surface area contributed by atoms with E-state index in [-0.39, 0.29) is 22.8 Å². The molecule has 1 heterocycles. The number of H-pyrrole nitrogens is 1. The molecule has 7 heteroatoms. The lowest BCUT2D eigenvalue weighted by Gasteiger charge is -2.10. The molecule has 3 rings (SSSR count). The van der Waals surface area contributed by atoms with Gasteiger partial charge in [0.15, 0.2) is 0 Å². The summed E-state index contributed by atoms with van der Waals surface area (Å²) in [6.45, 7) is 4.22. The van der Waals surface area contributed by atoms with Crippen molar-refractivity contribution in [3.05, 3.63) is 58.1 Å². The van der Waals surface area contributed by atoms with Crippen LogP contribution in [0.5, 0.6) is 0 Å². The number of nitrogens with zero attached hydrogens (tertiary/aromatic N) is 1. The molecule has 0 bridgehead atoms. The number of carbonyl (C=O) groups is 2. The Morgan fingerprint density at radius 1 is 1.22 bits per heavy atom. The minimum Gasteiger partial charge on any atom is -0.462 e. The monoisotopic (exact) mass is 385 g/mol. The zero-order chi connectivity index (χ0) is 19.4. The molecule has 0 radical (unpaired) electrons. The van der Waals surface area contributed by atoms with Gasteiger partial charge in [-0.1, -0.05) is 43.1 Å². The van der Waals surface area contributed by atoms with Gasteiger partial charge in [0.25, 0.3) is 5.91 Å². The van der Waals surface area contributed by atoms with Crippen molar-refractivity contribution in [2.45, 2.75) is 26.7 Å². The first kappa shape index (κ1) is 18.9. The van der Waals surface area contributed by atoms with Gasteiger partial charge in [-0.25, -0.2) is 9.78 Å². The molecule has 140 valence electrons. The third kappa shape index (κ3) is 4.11. The maximum Gasteiger partial charge on any atom is 0.340 e. The van der Waals surface area contributed by atoms with E-state index < -0.39 is 11.9 Å². The summed E-state index contributed by atoms with van der Waals surface area (Å²) in [5, 5.41) is 2.86. The number of esters is 1. The molecular formula is C20H20ClN3O3. The molecular weight excluding hydrogens is 366 g/mol. The number of amides is 1. The van der Waals surface area contributed by atoms with Gasteiger partial charge in [-0.15, -0.1) is 0 Å². The van der Waals surface area contributed by atoms with Gasteiger partial charge in [0.2, 0.25) is 5.95 Å². The third-order valence-electron chi connectivity index (χ3n) is 4.14. The SMILES string of the molecule is CCCCOC(=O)c1c(Cl)cccc1C(=O)Nc1nc2c(C)cccc2[nH]1. The lowest BCUT2D eigenvalue weighted by atomic mass is 10.1. The number of aromatic amines is 1. The van der Waals surface area contributed by atoms with Crippen LogP contribution in [0, 0.1) is 6.92 Å². The van der Waals surface area contributed by atoms with E-state index in [1.165, 1.54) is 6.07 Å². The van der Waals surface area contributed by atoms with Crippen molar-refractivity contribution in [1.29, 1.82) is 0 Å². The minimum atomic E-state index is -0.611. The van der Waals surface area contributed by atoms with Gasteiger partial charge in [-0.05, 0) is 37.1 Å². The molecule has 0 aliphatic carbocycles. The Bertz CT molecular complexity index is 997. The van der Waals surface area contributed by atoms with E-state index in [0.29, 0.717) is 5.95 Å². The number of hydrogen-bond acceptors (Lipinski definition) is 4. The number of benzene rings is 2. The predicted octanol–water partition coefficient (Wildman–Crippen LogP) is 4.73. The molecule has 0 spiro atoms. The predicted molar refractivity (Wildman–Crippen MR) is 105 cm³/mol. The maximum absolute atomic E-state index is 12.7. The van der Waals surface area contributed by atoms with Gasteiger partial charge in [-0.2, -0.15) is 0 Å². The molecule has 0 saturated carbocycles. The molecule has 0 unspecified atom stereocenters. The number of aromatic nitrogens is 2. The molecule has 6 nitrogen and oxygen atoms in total. The van der Waals surface area contributed by atoms with Crippen LogP contribution >= 0.6 is 11.6 Å². The van der Waals surface area contributed by atoms with Crippen molar-refractivity contribution in [2.75, 3.05) is 11.9 Å². The zero-order valence-electron chi connectivity index (χ0n) is 15.1. The lowest BCUT2D eigenvalue weighted by Crippen LogP contribution is -2.19. The van der Waals surface area contributed by atoms with Crippen molar-refractivity contribution in [2.24, 2.45) is 0 Å². The first-order chi connectivity index (χ1) is 13.0. The molecule has 0 fully saturated rings. The second-order valence-electron chi connectivity index (χ2n) is 6.16. The second-order valence-corrected chi connectivity index (χ2v) is 6.57. The van der Waals surface area contributed by atoms with E-state index in [2.05, 4.69) is 15.3 Å². The topological polar surface area (TPSA) is 84.1 Å². The fourth-order valence-corrected chi connectivity index (χ4v) is 2.96. The Labute approximate surface area is 161 Å². The number of anilines is 1. The van der Waals surface area contributed by atoms with Crippen molar-refractivity contribution in [3.63, 3.8) is 0 Å². The van der Waals surface area contributed by atoms with E-state index >= 15 is 0 Å². The highest BCUT2D eigenvalue weighted by Gasteiger charge is 2.22. The number of aryl methyl sites for hydroxylation is 1. The second kappa shape index (κ2) is 8.22. The average Bonchev–Trinajstić information content (AvgIpc) is 3.05. The van der Waals surface area contributed by atoms with Gasteiger partial charge in [0, 0.05) is 0 Å². The smallest absolute Gasteiger partial charge is 0.340 e. The van der Waals surface area contributed by atoms with Crippen molar-refractivity contribution < 1.29 is 14.3 Å². The molecule has 0 saturated heterocycles. The number of hydrogen-bond donors (Lipinski definition) is 2. The van der Waals surface area contributed by atoms with E-state index in [1.54, 1.807) is 12.1 Å². The summed E-state index contributed by atoms with van der Waals surface area (Å²) in [7, 11) is 0. The summed E-state index contributed by atoms with van der Waals surface area (Å²) in [6.07, 6.45) is 1.64. The summed E-state index contributed by atoms with van der Waals surface area (Å²) in [5.74, 6) is -0.800. The number of para-hydroxylation sites is 1. The number of halogens is 1. The summed E-state index contributed by atoms with van der Waals surface area (Å²) in [6, 6.07) is 10.4. The van der Waals surface area contributed by atoms with E-state index in [0.717, 1.165) is 29.4 Å². The first-order valence-electron chi connectivity index (χ1n) is 8.73. The van der Waals surface area contributed by atoms with Gasteiger partial charge < -0.3 is 9.72 Å². The lowest BCUT2D eigenvalue weighted by molar-refractivity contribution is 0.0497. The van der Waals surface area contributed by atoms with Crippen molar-refractivity contribution in [1.82, 2.24) is 9.97 Å². The molecule has 27 heavy (non-hydrogen) atoms. The minimum absolute atomic E-state index is 0.0556. The average molecular weight is 386 g/mol. The van der Waals surface area contributed by atoms with Crippen molar-refractivity contribution in [3.8, 4) is 0 Å². The van der Waals surface area contributed by atoms with E-state index in [4.69, 9.17) is 16.3 Å². The van der Waals surface area contributed by atoms with Crippen LogP contribution in [-0.4, -0.2) is 28.5 Å². The van der Waals surface area contributed by atoms with Gasteiger partial charge in [0.05, 0.1) is 33.8 Å². The number of nitrogens with one attached hydrogen (secondary N) is 2. The van der Waals surface area contributed by atoms with Crippen LogP contribution in [0.3, 0.4) is 0 Å². The normalized spacial score (nSPS) is 10.8. The standard InChI is InChI=1S/C20H20ClN3O3/c1-3-4-11-27-19(26)16-13(8-6-9-14(16)21)18(25)24-20-22-15-10-5-7-12(2)17(15)23-20/h5-10H,3-4,11H2,1-2H3,(H2,22,23,24,25). The highest BCUT2D eigenvalue weighted by Crippen LogP contribution is 2.23. The fourth-order valence-electron chi connectivity index (χ4n) is 2.71. The number of unbranched alkanes of at least 4 members (excludes halogenated alkanes) is 1. The van der Waals surface area contributed by atoms with Crippen LogP contribution < -0.4 is 5.32 Å². The maximum atomic E-state index is 12.7. The molecule has 1 amide bonds. The summed E-state index contributed by atoms with van der Waals surface area (Å²) in [4.78, 5) is 32.6. The van der Waals surface area contributed by atoms with Crippen LogP contribution in [0.25, 0.3) is 11.0 Å². The van der Waals surface area contributed by atoms with Crippen LogP contribution in [0.15, 0.2) is 36.4 Å². The quantitative estimate of drug-likeness (QED) is 0.474. The van der Waals surface area contributed by atoms with Gasteiger partial charge in [-0.3, -0.25) is 10.1 Å². The first-order valence-corrected chi connectivity index (χ1v) is 9.11. The Balaban J connectivity index is 1.86. The highest BCUT2D eigenvalue weighted by atomic mass is 35.5. The molecule has 0 aliphatic rings. The highest BCUT2D eigenvalue weighted by molar-refractivity contribution is 6.34. The number of carbonyl (C=O) groups excluding carboxylic acids is 2. The van der Waals surface area contributed by atoms with Crippen molar-refractivity contribution >= 4 is 40.5 Å². The summed E-state index contributed by atoms with van der Waals surface area (Å²) < 4.78 is 5.23. The Morgan fingerprint density at radius 3 is 2.74 bits per heavy atom. The molecule has 2 aromatic carbocycles. The molecule has 0 atom stereocenters.